The fourth-order valence-corrected chi connectivity index (χ4v) is 2.06. The van der Waals surface area contributed by atoms with Crippen LogP contribution in [0.3, 0.4) is 0 Å². The van der Waals surface area contributed by atoms with E-state index in [4.69, 9.17) is 5.26 Å². The van der Waals surface area contributed by atoms with Gasteiger partial charge in [0.25, 0.3) is 0 Å². The van der Waals surface area contributed by atoms with Crippen LogP contribution in [0.4, 0.5) is 0 Å². The lowest BCUT2D eigenvalue weighted by Gasteiger charge is -2.29. The van der Waals surface area contributed by atoms with E-state index in [1.165, 1.54) is 0 Å². The first-order chi connectivity index (χ1) is 9.94. The summed E-state index contributed by atoms with van der Waals surface area (Å²) in [7, 11) is 0. The molecule has 2 rings (SSSR count). The van der Waals surface area contributed by atoms with Crippen molar-refractivity contribution in [2.45, 2.75) is 32.4 Å². The summed E-state index contributed by atoms with van der Waals surface area (Å²) in [5.74, 6) is 0.643. The lowest BCUT2D eigenvalue weighted by Crippen LogP contribution is -2.44. The average Bonchev–Trinajstić information content (AvgIpc) is 2.46. The number of rotatable bonds is 1. The van der Waals surface area contributed by atoms with Gasteiger partial charge in [-0.3, -0.25) is 4.99 Å². The van der Waals surface area contributed by atoms with Gasteiger partial charge in [-0.1, -0.05) is 30.3 Å². The maximum absolute atomic E-state index is 9.17. The number of aliphatic imine (C=N–C) groups is 1. The molecule has 1 unspecified atom stereocenters. The number of hydrogen-bond acceptors (Lipinski definition) is 4. The number of benzene rings is 1. The number of amidine groups is 1. The monoisotopic (exact) mass is 279 g/mol. The minimum Gasteiger partial charge on any atom is -0.361 e. The predicted molar refractivity (Wildman–Crippen MR) is 80.9 cm³/mol. The van der Waals surface area contributed by atoms with Gasteiger partial charge in [0.15, 0.2) is 5.70 Å². The van der Waals surface area contributed by atoms with E-state index in [9.17, 15) is 5.26 Å². The van der Waals surface area contributed by atoms with Crippen molar-refractivity contribution in [3.8, 4) is 12.1 Å². The van der Waals surface area contributed by atoms with Crippen LogP contribution in [0.25, 0.3) is 0 Å². The SMILES string of the molecule is CC(C)(C)N=C1NC(C#N)=C(C#N)NC1c1ccccc1. The number of nitriles is 2. The molecular weight excluding hydrogens is 262 g/mol. The van der Waals surface area contributed by atoms with Gasteiger partial charge in [-0.05, 0) is 26.3 Å². The second-order valence-electron chi connectivity index (χ2n) is 5.75. The molecule has 0 amide bonds. The maximum Gasteiger partial charge on any atom is 0.153 e. The zero-order chi connectivity index (χ0) is 15.5. The van der Waals surface area contributed by atoms with Crippen LogP contribution in [0.15, 0.2) is 46.7 Å². The summed E-state index contributed by atoms with van der Waals surface area (Å²) in [6.45, 7) is 5.96. The third-order valence-corrected chi connectivity index (χ3v) is 2.88. The zero-order valence-corrected chi connectivity index (χ0v) is 12.3. The Labute approximate surface area is 124 Å². The standard InChI is InChI=1S/C16H17N5/c1-16(2,3)21-15-14(11-7-5-4-6-8-11)19-12(9-17)13(10-18)20-15/h4-8,14,19H,1-3H3,(H,20,21). The van der Waals surface area contributed by atoms with Crippen LogP contribution in [-0.2, 0) is 0 Å². The van der Waals surface area contributed by atoms with Gasteiger partial charge in [-0.15, -0.1) is 0 Å². The van der Waals surface area contributed by atoms with Crippen LogP contribution in [0.5, 0.6) is 0 Å². The quantitative estimate of drug-likeness (QED) is 0.826. The van der Waals surface area contributed by atoms with Crippen molar-refractivity contribution in [2.24, 2.45) is 4.99 Å². The van der Waals surface area contributed by atoms with Crippen molar-refractivity contribution in [3.05, 3.63) is 47.3 Å². The first-order valence-electron chi connectivity index (χ1n) is 6.67. The van der Waals surface area contributed by atoms with Crippen molar-refractivity contribution >= 4 is 5.84 Å². The van der Waals surface area contributed by atoms with Gasteiger partial charge in [0.05, 0.1) is 5.54 Å². The van der Waals surface area contributed by atoms with Crippen molar-refractivity contribution in [1.82, 2.24) is 10.6 Å². The zero-order valence-electron chi connectivity index (χ0n) is 12.3. The smallest absolute Gasteiger partial charge is 0.153 e. The predicted octanol–water partition coefficient (Wildman–Crippen LogP) is 2.38. The van der Waals surface area contributed by atoms with E-state index in [2.05, 4.69) is 15.6 Å². The Balaban J connectivity index is 2.51. The number of nitrogens with zero attached hydrogens (tertiary/aromatic N) is 3. The summed E-state index contributed by atoms with van der Waals surface area (Å²) in [5.41, 5.74) is 1.13. The molecule has 0 fully saturated rings. The van der Waals surface area contributed by atoms with Crippen molar-refractivity contribution in [3.63, 3.8) is 0 Å². The minimum absolute atomic E-state index is 0.202. The lowest BCUT2D eigenvalue weighted by molar-refractivity contribution is 0.567. The van der Waals surface area contributed by atoms with Crippen LogP contribution in [-0.4, -0.2) is 11.4 Å². The van der Waals surface area contributed by atoms with Crippen LogP contribution in [0.2, 0.25) is 0 Å². The highest BCUT2D eigenvalue weighted by Gasteiger charge is 2.28. The highest BCUT2D eigenvalue weighted by atomic mass is 15.1. The van der Waals surface area contributed by atoms with Crippen LogP contribution in [0.1, 0.15) is 32.4 Å². The van der Waals surface area contributed by atoms with Gasteiger partial charge in [-0.25, -0.2) is 0 Å². The Kier molecular flexibility index (Phi) is 3.95. The van der Waals surface area contributed by atoms with Gasteiger partial charge >= 0.3 is 0 Å². The second kappa shape index (κ2) is 5.68. The molecule has 1 atom stereocenters. The lowest BCUT2D eigenvalue weighted by atomic mass is 10.0. The number of hydrogen-bond donors (Lipinski definition) is 2. The molecule has 0 saturated carbocycles. The molecule has 0 spiro atoms. The van der Waals surface area contributed by atoms with Gasteiger partial charge in [-0.2, -0.15) is 10.5 Å². The van der Waals surface area contributed by atoms with Crippen LogP contribution in [0, 0.1) is 22.7 Å². The molecule has 1 aromatic carbocycles. The van der Waals surface area contributed by atoms with Crippen molar-refractivity contribution in [1.29, 1.82) is 10.5 Å². The summed E-state index contributed by atoms with van der Waals surface area (Å²) in [5, 5.41) is 24.4. The van der Waals surface area contributed by atoms with E-state index in [-0.39, 0.29) is 23.0 Å². The summed E-state index contributed by atoms with van der Waals surface area (Å²) < 4.78 is 0. The summed E-state index contributed by atoms with van der Waals surface area (Å²) in [6, 6.07) is 13.5. The van der Waals surface area contributed by atoms with Crippen molar-refractivity contribution < 1.29 is 0 Å². The summed E-state index contributed by atoms with van der Waals surface area (Å²) >= 11 is 0. The number of nitrogens with one attached hydrogen (secondary N) is 2. The summed E-state index contributed by atoms with van der Waals surface area (Å²) in [6.07, 6.45) is 0. The Morgan fingerprint density at radius 2 is 1.67 bits per heavy atom. The Hall–Kier alpha value is -2.79. The van der Waals surface area contributed by atoms with E-state index in [0.717, 1.165) is 5.56 Å². The number of allylic oxidation sites excluding steroid dienone is 2. The highest BCUT2D eigenvalue weighted by molar-refractivity contribution is 5.92. The molecule has 1 aromatic rings. The molecule has 1 aliphatic heterocycles. The van der Waals surface area contributed by atoms with Crippen molar-refractivity contribution in [2.75, 3.05) is 0 Å². The fourth-order valence-electron chi connectivity index (χ4n) is 2.06. The molecule has 0 aromatic heterocycles. The molecule has 2 N–H and O–H groups in total. The molecule has 0 aliphatic carbocycles. The fraction of sp³-hybridized carbons (Fsp3) is 0.312. The van der Waals surface area contributed by atoms with Gasteiger partial charge in [0.1, 0.15) is 29.7 Å². The molecule has 0 saturated heterocycles. The molecule has 1 heterocycles. The van der Waals surface area contributed by atoms with E-state index in [1.54, 1.807) is 0 Å². The molecule has 0 radical (unpaired) electrons. The molecule has 21 heavy (non-hydrogen) atoms. The first kappa shape index (κ1) is 14.6. The van der Waals surface area contributed by atoms with Crippen LogP contribution >= 0.6 is 0 Å². The van der Waals surface area contributed by atoms with E-state index >= 15 is 0 Å². The van der Waals surface area contributed by atoms with Gasteiger partial charge < -0.3 is 10.6 Å². The largest absolute Gasteiger partial charge is 0.361 e. The molecule has 5 nitrogen and oxygen atoms in total. The third-order valence-electron chi connectivity index (χ3n) is 2.88. The Morgan fingerprint density at radius 3 is 2.19 bits per heavy atom. The molecular formula is C16H17N5. The van der Waals surface area contributed by atoms with Gasteiger partial charge in [0, 0.05) is 0 Å². The highest BCUT2D eigenvalue weighted by Crippen LogP contribution is 2.22. The Bertz CT molecular complexity index is 665. The first-order valence-corrected chi connectivity index (χ1v) is 6.67. The topological polar surface area (TPSA) is 84.0 Å². The summed E-state index contributed by atoms with van der Waals surface area (Å²) in [4.78, 5) is 4.64. The molecule has 106 valence electrons. The normalized spacial score (nSPS) is 20.2. The molecule has 5 heteroatoms. The minimum atomic E-state index is -0.290. The maximum atomic E-state index is 9.17. The van der Waals surface area contributed by atoms with E-state index < -0.39 is 0 Å². The van der Waals surface area contributed by atoms with Crippen LogP contribution < -0.4 is 10.6 Å². The molecule has 0 bridgehead atoms. The molecule has 1 aliphatic rings. The van der Waals surface area contributed by atoms with Gasteiger partial charge in [0.2, 0.25) is 0 Å². The van der Waals surface area contributed by atoms with E-state index in [1.807, 2.05) is 63.2 Å². The third kappa shape index (κ3) is 3.40. The average molecular weight is 279 g/mol. The van der Waals surface area contributed by atoms with E-state index in [0.29, 0.717) is 5.84 Å². The second-order valence-corrected chi connectivity index (χ2v) is 5.75. The Morgan fingerprint density at radius 1 is 1.05 bits per heavy atom.